The van der Waals surface area contributed by atoms with Crippen LogP contribution in [0.5, 0.6) is 0 Å². The van der Waals surface area contributed by atoms with Crippen LogP contribution in [0.4, 0.5) is 4.39 Å². The Morgan fingerprint density at radius 3 is 2.55 bits per heavy atom. The van der Waals surface area contributed by atoms with E-state index in [0.29, 0.717) is 13.0 Å². The van der Waals surface area contributed by atoms with E-state index in [0.717, 1.165) is 17.0 Å². The van der Waals surface area contributed by atoms with Crippen molar-refractivity contribution in [3.05, 3.63) is 53.2 Å². The number of benzene rings is 1. The van der Waals surface area contributed by atoms with Crippen molar-refractivity contribution in [3.8, 4) is 0 Å². The Morgan fingerprint density at radius 2 is 2.00 bits per heavy atom. The summed E-state index contributed by atoms with van der Waals surface area (Å²) >= 11 is 0. The first-order valence-electron chi connectivity index (χ1n) is 7.42. The molecule has 1 heterocycles. The molecule has 4 nitrogen and oxygen atoms in total. The summed E-state index contributed by atoms with van der Waals surface area (Å²) in [6, 6.07) is 7.96. The van der Waals surface area contributed by atoms with Gasteiger partial charge in [-0.05, 0) is 30.5 Å². The van der Waals surface area contributed by atoms with E-state index in [1.807, 2.05) is 26.8 Å². The monoisotopic (exact) mass is 304 g/mol. The maximum Gasteiger partial charge on any atom is 0.227 e. The fourth-order valence-corrected chi connectivity index (χ4v) is 2.47. The summed E-state index contributed by atoms with van der Waals surface area (Å²) in [5, 5.41) is 6.81. The van der Waals surface area contributed by atoms with Crippen LogP contribution < -0.4 is 5.32 Å². The van der Waals surface area contributed by atoms with E-state index in [2.05, 4.69) is 10.5 Å². The van der Waals surface area contributed by atoms with Gasteiger partial charge in [0.1, 0.15) is 11.6 Å². The molecule has 1 aromatic carbocycles. The van der Waals surface area contributed by atoms with Crippen LogP contribution >= 0.6 is 0 Å². The van der Waals surface area contributed by atoms with E-state index >= 15 is 0 Å². The van der Waals surface area contributed by atoms with E-state index in [-0.39, 0.29) is 23.6 Å². The van der Waals surface area contributed by atoms with Crippen LogP contribution in [-0.2, 0) is 11.2 Å². The third-order valence-corrected chi connectivity index (χ3v) is 3.54. The summed E-state index contributed by atoms with van der Waals surface area (Å²) in [6.07, 6.45) is 0.622. The number of aromatic nitrogens is 1. The standard InChI is InChI=1S/C17H21FN2O2/c1-11(2)16(13-4-6-14(18)7-5-13)17(21)19-9-8-15-10-12(3)22-20-15/h4-7,10-11,16H,8-9H2,1-3H3,(H,19,21). The molecule has 1 N–H and O–H groups in total. The van der Waals surface area contributed by atoms with Crippen molar-refractivity contribution in [2.24, 2.45) is 5.92 Å². The fourth-order valence-electron chi connectivity index (χ4n) is 2.47. The van der Waals surface area contributed by atoms with Gasteiger partial charge in [0.15, 0.2) is 0 Å². The van der Waals surface area contributed by atoms with E-state index in [9.17, 15) is 9.18 Å². The molecule has 0 fully saturated rings. The lowest BCUT2D eigenvalue weighted by molar-refractivity contribution is -0.123. The Balaban J connectivity index is 1.96. The molecule has 0 aliphatic rings. The van der Waals surface area contributed by atoms with Gasteiger partial charge >= 0.3 is 0 Å². The summed E-state index contributed by atoms with van der Waals surface area (Å²) in [7, 11) is 0. The van der Waals surface area contributed by atoms with Crippen LogP contribution in [0.3, 0.4) is 0 Å². The largest absolute Gasteiger partial charge is 0.361 e. The summed E-state index contributed by atoms with van der Waals surface area (Å²) in [5.41, 5.74) is 1.65. The summed E-state index contributed by atoms with van der Waals surface area (Å²) in [4.78, 5) is 12.4. The minimum absolute atomic E-state index is 0.0539. The highest BCUT2D eigenvalue weighted by Gasteiger charge is 2.23. The van der Waals surface area contributed by atoms with Crippen molar-refractivity contribution in [1.29, 1.82) is 0 Å². The number of hydrogen-bond acceptors (Lipinski definition) is 3. The number of nitrogens with zero attached hydrogens (tertiary/aromatic N) is 1. The van der Waals surface area contributed by atoms with E-state index < -0.39 is 0 Å². The number of carbonyl (C=O) groups is 1. The molecule has 0 bridgehead atoms. The molecule has 2 aromatic rings. The maximum absolute atomic E-state index is 13.0. The molecule has 0 aliphatic carbocycles. The molecule has 0 saturated heterocycles. The molecule has 0 aliphatic heterocycles. The van der Waals surface area contributed by atoms with Gasteiger partial charge in [0, 0.05) is 19.0 Å². The Hall–Kier alpha value is -2.17. The van der Waals surface area contributed by atoms with Gasteiger partial charge in [0.25, 0.3) is 0 Å². The molecule has 22 heavy (non-hydrogen) atoms. The molecule has 0 saturated carbocycles. The Kier molecular flexibility index (Phi) is 5.31. The van der Waals surface area contributed by atoms with Crippen molar-refractivity contribution in [2.75, 3.05) is 6.54 Å². The number of halogens is 1. The summed E-state index contributed by atoms with van der Waals surface area (Å²) in [6.45, 7) is 6.29. The molecule has 1 amide bonds. The molecule has 1 aromatic heterocycles. The topological polar surface area (TPSA) is 55.1 Å². The number of rotatable bonds is 6. The minimum atomic E-state index is -0.298. The summed E-state index contributed by atoms with van der Waals surface area (Å²) < 4.78 is 18.0. The smallest absolute Gasteiger partial charge is 0.227 e. The normalized spacial score (nSPS) is 12.4. The van der Waals surface area contributed by atoms with Gasteiger partial charge in [-0.15, -0.1) is 0 Å². The van der Waals surface area contributed by atoms with Gasteiger partial charge in [0.05, 0.1) is 11.6 Å². The molecule has 118 valence electrons. The first-order valence-corrected chi connectivity index (χ1v) is 7.42. The van der Waals surface area contributed by atoms with Gasteiger partial charge in [-0.1, -0.05) is 31.1 Å². The number of carbonyl (C=O) groups excluding carboxylic acids is 1. The highest BCUT2D eigenvalue weighted by Crippen LogP contribution is 2.24. The molecule has 0 radical (unpaired) electrons. The van der Waals surface area contributed by atoms with Crippen LogP contribution in [0, 0.1) is 18.7 Å². The number of amides is 1. The average molecular weight is 304 g/mol. The number of nitrogens with one attached hydrogen (secondary N) is 1. The quantitative estimate of drug-likeness (QED) is 0.891. The molecule has 1 unspecified atom stereocenters. The van der Waals surface area contributed by atoms with Crippen LogP contribution in [0.15, 0.2) is 34.9 Å². The van der Waals surface area contributed by atoms with Crippen LogP contribution in [0.1, 0.15) is 36.8 Å². The van der Waals surface area contributed by atoms with Crippen molar-refractivity contribution >= 4 is 5.91 Å². The zero-order valence-corrected chi connectivity index (χ0v) is 13.1. The lowest BCUT2D eigenvalue weighted by Crippen LogP contribution is -2.33. The fraction of sp³-hybridized carbons (Fsp3) is 0.412. The first kappa shape index (κ1) is 16.2. The van der Waals surface area contributed by atoms with E-state index in [1.165, 1.54) is 12.1 Å². The van der Waals surface area contributed by atoms with Crippen LogP contribution in [0.2, 0.25) is 0 Å². The van der Waals surface area contributed by atoms with Crippen LogP contribution in [-0.4, -0.2) is 17.6 Å². The molecule has 2 rings (SSSR count). The predicted molar refractivity (Wildman–Crippen MR) is 81.9 cm³/mol. The lowest BCUT2D eigenvalue weighted by Gasteiger charge is -2.20. The van der Waals surface area contributed by atoms with Crippen molar-refractivity contribution in [3.63, 3.8) is 0 Å². The Morgan fingerprint density at radius 1 is 1.32 bits per heavy atom. The Labute approximate surface area is 129 Å². The van der Waals surface area contributed by atoms with Gasteiger partial charge in [-0.2, -0.15) is 0 Å². The zero-order valence-electron chi connectivity index (χ0n) is 13.1. The maximum atomic E-state index is 13.0. The van der Waals surface area contributed by atoms with Crippen LogP contribution in [0.25, 0.3) is 0 Å². The molecule has 5 heteroatoms. The average Bonchev–Trinajstić information content (AvgIpc) is 2.86. The van der Waals surface area contributed by atoms with E-state index in [4.69, 9.17) is 4.52 Å². The highest BCUT2D eigenvalue weighted by molar-refractivity contribution is 5.83. The van der Waals surface area contributed by atoms with Gasteiger partial charge in [-0.3, -0.25) is 4.79 Å². The SMILES string of the molecule is Cc1cc(CCNC(=O)C(c2ccc(F)cc2)C(C)C)no1. The molecular weight excluding hydrogens is 283 g/mol. The van der Waals surface area contributed by atoms with Gasteiger partial charge in [-0.25, -0.2) is 4.39 Å². The van der Waals surface area contributed by atoms with Gasteiger partial charge in [0.2, 0.25) is 5.91 Å². The number of hydrogen-bond donors (Lipinski definition) is 1. The summed E-state index contributed by atoms with van der Waals surface area (Å²) in [5.74, 6) is 0.238. The second kappa shape index (κ2) is 7.20. The van der Waals surface area contributed by atoms with Gasteiger partial charge < -0.3 is 9.84 Å². The third kappa shape index (κ3) is 4.16. The lowest BCUT2D eigenvalue weighted by atomic mass is 9.87. The predicted octanol–water partition coefficient (Wildman–Crippen LogP) is 3.22. The number of aryl methyl sites for hydroxylation is 1. The minimum Gasteiger partial charge on any atom is -0.361 e. The molecular formula is C17H21FN2O2. The second-order valence-corrected chi connectivity index (χ2v) is 5.74. The third-order valence-electron chi connectivity index (χ3n) is 3.54. The van der Waals surface area contributed by atoms with E-state index in [1.54, 1.807) is 12.1 Å². The van der Waals surface area contributed by atoms with Crippen molar-refractivity contribution in [2.45, 2.75) is 33.1 Å². The van der Waals surface area contributed by atoms with Crippen molar-refractivity contribution in [1.82, 2.24) is 10.5 Å². The van der Waals surface area contributed by atoms with Crippen molar-refractivity contribution < 1.29 is 13.7 Å². The first-order chi connectivity index (χ1) is 10.5. The molecule has 0 spiro atoms. The second-order valence-electron chi connectivity index (χ2n) is 5.74. The Bertz CT molecular complexity index is 620. The zero-order chi connectivity index (χ0) is 16.1. The molecule has 1 atom stereocenters. The highest BCUT2D eigenvalue weighted by atomic mass is 19.1.